The molecule has 0 saturated heterocycles. The van der Waals surface area contributed by atoms with Crippen molar-refractivity contribution < 1.29 is 14.4 Å². The molecule has 0 aliphatic rings. The number of rotatable bonds is 5. The number of ether oxygens (including phenoxy) is 2. The van der Waals surface area contributed by atoms with Gasteiger partial charge >= 0.3 is 0 Å². The number of alkyl halides is 1. The van der Waals surface area contributed by atoms with E-state index in [1.807, 2.05) is 12.1 Å². The van der Waals surface area contributed by atoms with Gasteiger partial charge in [-0.05, 0) is 24.3 Å². The summed E-state index contributed by atoms with van der Waals surface area (Å²) >= 11 is 3.24. The van der Waals surface area contributed by atoms with Crippen molar-refractivity contribution >= 4 is 21.6 Å². The van der Waals surface area contributed by atoms with Crippen LogP contribution in [-0.4, -0.2) is 12.0 Å². The summed E-state index contributed by atoms with van der Waals surface area (Å²) in [5, 5.41) is 11.3. The maximum atomic E-state index is 10.9. The van der Waals surface area contributed by atoms with Gasteiger partial charge in [-0.15, -0.1) is 0 Å². The zero-order valence-corrected chi connectivity index (χ0v) is 12.3. The highest BCUT2D eigenvalue weighted by Gasteiger charge is 2.14. The third kappa shape index (κ3) is 3.08. The van der Waals surface area contributed by atoms with Crippen LogP contribution >= 0.6 is 15.9 Å². The lowest BCUT2D eigenvalue weighted by atomic mass is 10.2. The Labute approximate surface area is 124 Å². The van der Waals surface area contributed by atoms with E-state index in [2.05, 4.69) is 15.9 Å². The number of methoxy groups -OCH3 is 1. The molecule has 0 saturated carbocycles. The molecule has 0 fully saturated rings. The number of halogens is 1. The lowest BCUT2D eigenvalue weighted by molar-refractivity contribution is -0.385. The Morgan fingerprint density at radius 2 is 1.90 bits per heavy atom. The number of para-hydroxylation sites is 2. The van der Waals surface area contributed by atoms with Crippen molar-refractivity contribution in [2.75, 3.05) is 7.11 Å². The number of hydrogen-bond acceptors (Lipinski definition) is 4. The van der Waals surface area contributed by atoms with Gasteiger partial charge in [0, 0.05) is 17.0 Å². The van der Waals surface area contributed by atoms with Gasteiger partial charge in [0.2, 0.25) is 0 Å². The average molecular weight is 338 g/mol. The highest BCUT2D eigenvalue weighted by molar-refractivity contribution is 9.08. The van der Waals surface area contributed by atoms with Gasteiger partial charge in [0.15, 0.2) is 11.5 Å². The van der Waals surface area contributed by atoms with Crippen LogP contribution in [0.25, 0.3) is 0 Å². The molecule has 20 heavy (non-hydrogen) atoms. The lowest BCUT2D eigenvalue weighted by Crippen LogP contribution is -1.95. The molecule has 0 bridgehead atoms. The minimum atomic E-state index is -0.413. The van der Waals surface area contributed by atoms with Crippen LogP contribution in [0.3, 0.4) is 0 Å². The molecule has 0 heterocycles. The molecule has 2 aromatic rings. The molecule has 104 valence electrons. The lowest BCUT2D eigenvalue weighted by Gasteiger charge is -2.10. The Morgan fingerprint density at radius 1 is 1.20 bits per heavy atom. The van der Waals surface area contributed by atoms with Crippen molar-refractivity contribution in [3.8, 4) is 17.2 Å². The Balaban J connectivity index is 2.32. The van der Waals surface area contributed by atoms with Crippen LogP contribution in [0.1, 0.15) is 5.56 Å². The van der Waals surface area contributed by atoms with E-state index in [0.717, 1.165) is 0 Å². The normalized spacial score (nSPS) is 10.1. The van der Waals surface area contributed by atoms with Crippen LogP contribution in [0.15, 0.2) is 42.5 Å². The first-order valence-corrected chi connectivity index (χ1v) is 6.92. The largest absolute Gasteiger partial charge is 0.493 e. The molecule has 6 heteroatoms. The van der Waals surface area contributed by atoms with Gasteiger partial charge in [-0.2, -0.15) is 0 Å². The molecule has 0 radical (unpaired) electrons. The van der Waals surface area contributed by atoms with E-state index >= 15 is 0 Å². The molecule has 5 nitrogen and oxygen atoms in total. The first-order chi connectivity index (χ1) is 9.65. The fourth-order valence-electron chi connectivity index (χ4n) is 1.74. The highest BCUT2D eigenvalue weighted by atomic mass is 79.9. The van der Waals surface area contributed by atoms with Gasteiger partial charge in [-0.1, -0.05) is 28.1 Å². The first kappa shape index (κ1) is 14.3. The van der Waals surface area contributed by atoms with Gasteiger partial charge in [-0.25, -0.2) is 0 Å². The van der Waals surface area contributed by atoms with Gasteiger partial charge in [0.05, 0.1) is 12.0 Å². The Bertz CT molecular complexity index is 630. The number of benzene rings is 2. The van der Waals surface area contributed by atoms with Gasteiger partial charge in [-0.3, -0.25) is 10.1 Å². The molecule has 0 N–H and O–H groups in total. The fraction of sp³-hybridized carbons (Fsp3) is 0.143. The third-order valence-corrected chi connectivity index (χ3v) is 3.29. The molecule has 0 spiro atoms. The average Bonchev–Trinajstić information content (AvgIpc) is 2.47. The molecule has 2 aromatic carbocycles. The first-order valence-electron chi connectivity index (χ1n) is 5.80. The smallest absolute Gasteiger partial charge is 0.273 e. The predicted octanol–water partition coefficient (Wildman–Crippen LogP) is 4.29. The molecular weight excluding hydrogens is 326 g/mol. The summed E-state index contributed by atoms with van der Waals surface area (Å²) in [4.78, 5) is 10.5. The van der Waals surface area contributed by atoms with E-state index in [0.29, 0.717) is 28.1 Å². The summed E-state index contributed by atoms with van der Waals surface area (Å²) in [5.74, 6) is 1.69. The molecular formula is C14H12BrNO4. The van der Waals surface area contributed by atoms with Crippen LogP contribution < -0.4 is 9.47 Å². The molecule has 0 aliphatic carbocycles. The van der Waals surface area contributed by atoms with Crippen LogP contribution in [0.4, 0.5) is 5.69 Å². The molecule has 0 unspecified atom stereocenters. The second kappa shape index (κ2) is 6.38. The van der Waals surface area contributed by atoms with Crippen LogP contribution in [0.2, 0.25) is 0 Å². The topological polar surface area (TPSA) is 61.6 Å². The van der Waals surface area contributed by atoms with Crippen LogP contribution in [0.5, 0.6) is 17.2 Å². The maximum Gasteiger partial charge on any atom is 0.273 e. The van der Waals surface area contributed by atoms with Gasteiger partial charge < -0.3 is 9.47 Å². The van der Waals surface area contributed by atoms with Crippen LogP contribution in [0, 0.1) is 10.1 Å². The molecule has 0 atom stereocenters. The number of nitrogens with zero attached hydrogens (tertiary/aromatic N) is 1. The predicted molar refractivity (Wildman–Crippen MR) is 78.8 cm³/mol. The number of nitro groups is 1. The molecule has 2 rings (SSSR count). The summed E-state index contributed by atoms with van der Waals surface area (Å²) in [6.07, 6.45) is 0. The second-order valence-electron chi connectivity index (χ2n) is 3.93. The maximum absolute atomic E-state index is 10.9. The number of nitro benzene ring substituents is 1. The van der Waals surface area contributed by atoms with Crippen molar-refractivity contribution in [2.45, 2.75) is 5.33 Å². The summed E-state index contributed by atoms with van der Waals surface area (Å²) < 4.78 is 10.9. The van der Waals surface area contributed by atoms with Crippen molar-refractivity contribution in [3.63, 3.8) is 0 Å². The molecule has 0 aliphatic heterocycles. The number of hydrogen-bond donors (Lipinski definition) is 0. The monoisotopic (exact) mass is 337 g/mol. The summed E-state index contributed by atoms with van der Waals surface area (Å²) in [6.45, 7) is 0. The fourth-order valence-corrected chi connectivity index (χ4v) is 2.19. The van der Waals surface area contributed by atoms with Crippen LogP contribution in [-0.2, 0) is 5.33 Å². The Hall–Kier alpha value is -2.08. The van der Waals surface area contributed by atoms with Gasteiger partial charge in [0.1, 0.15) is 5.75 Å². The van der Waals surface area contributed by atoms with E-state index in [9.17, 15) is 10.1 Å². The summed E-state index contributed by atoms with van der Waals surface area (Å²) in [5.41, 5.74) is 0.622. The van der Waals surface area contributed by atoms with Crippen molar-refractivity contribution in [1.82, 2.24) is 0 Å². The SMILES string of the molecule is COc1ccccc1Oc1ccc([N+](=O)[O-])c(CBr)c1. The molecule has 0 aromatic heterocycles. The van der Waals surface area contributed by atoms with Crippen molar-refractivity contribution in [3.05, 3.63) is 58.1 Å². The zero-order chi connectivity index (χ0) is 14.5. The van der Waals surface area contributed by atoms with E-state index in [1.54, 1.807) is 31.4 Å². The van der Waals surface area contributed by atoms with E-state index in [1.165, 1.54) is 6.07 Å². The Morgan fingerprint density at radius 3 is 2.50 bits per heavy atom. The minimum absolute atomic E-state index is 0.0641. The second-order valence-corrected chi connectivity index (χ2v) is 4.49. The van der Waals surface area contributed by atoms with Gasteiger partial charge in [0.25, 0.3) is 5.69 Å². The van der Waals surface area contributed by atoms with Crippen molar-refractivity contribution in [1.29, 1.82) is 0 Å². The Kier molecular flexibility index (Phi) is 4.57. The quantitative estimate of drug-likeness (QED) is 0.463. The zero-order valence-electron chi connectivity index (χ0n) is 10.7. The van der Waals surface area contributed by atoms with Crippen molar-refractivity contribution in [2.24, 2.45) is 0 Å². The molecule has 0 amide bonds. The van der Waals surface area contributed by atoms with E-state index in [4.69, 9.17) is 9.47 Å². The standard InChI is InChI=1S/C14H12BrNO4/c1-19-13-4-2-3-5-14(13)20-11-6-7-12(16(17)18)10(8-11)9-15/h2-8H,9H2,1H3. The third-order valence-electron chi connectivity index (χ3n) is 2.69. The van der Waals surface area contributed by atoms with E-state index < -0.39 is 4.92 Å². The summed E-state index contributed by atoms with van der Waals surface area (Å²) in [6, 6.07) is 11.9. The highest BCUT2D eigenvalue weighted by Crippen LogP contribution is 2.33. The minimum Gasteiger partial charge on any atom is -0.493 e. The van der Waals surface area contributed by atoms with E-state index in [-0.39, 0.29) is 5.69 Å². The summed E-state index contributed by atoms with van der Waals surface area (Å²) in [7, 11) is 1.56.